The Morgan fingerprint density at radius 2 is 1.68 bits per heavy atom. The molecule has 0 aliphatic rings. The average Bonchev–Trinajstić information content (AvgIpc) is 2.61. The molecule has 0 radical (unpaired) electrons. The lowest BCUT2D eigenvalue weighted by atomic mass is 10.1. The SMILES string of the molecule is COC(=O)c1ccc(CS(=O)(=O)Nc2ccc(OC)cc2OC)cc1. The second-order valence-electron chi connectivity index (χ2n) is 5.12. The molecule has 0 unspecified atom stereocenters. The Morgan fingerprint density at radius 1 is 1.00 bits per heavy atom. The number of carbonyl (C=O) groups is 1. The summed E-state index contributed by atoms with van der Waals surface area (Å²) >= 11 is 0. The van der Waals surface area contributed by atoms with Gasteiger partial charge < -0.3 is 14.2 Å². The van der Waals surface area contributed by atoms with Crippen LogP contribution in [0.2, 0.25) is 0 Å². The Morgan fingerprint density at radius 3 is 2.24 bits per heavy atom. The Balaban J connectivity index is 2.16. The van der Waals surface area contributed by atoms with Crippen LogP contribution in [-0.2, 0) is 20.5 Å². The highest BCUT2D eigenvalue weighted by molar-refractivity contribution is 7.91. The fourth-order valence-corrected chi connectivity index (χ4v) is 3.37. The predicted molar refractivity (Wildman–Crippen MR) is 93.6 cm³/mol. The summed E-state index contributed by atoms with van der Waals surface area (Å²) in [5, 5.41) is 0. The van der Waals surface area contributed by atoms with E-state index < -0.39 is 16.0 Å². The van der Waals surface area contributed by atoms with E-state index in [-0.39, 0.29) is 5.75 Å². The molecule has 0 aliphatic heterocycles. The minimum Gasteiger partial charge on any atom is -0.497 e. The lowest BCUT2D eigenvalue weighted by molar-refractivity contribution is 0.0600. The Hall–Kier alpha value is -2.74. The molecule has 0 heterocycles. The predicted octanol–water partition coefficient (Wildman–Crippen LogP) is 2.43. The van der Waals surface area contributed by atoms with E-state index in [2.05, 4.69) is 9.46 Å². The second-order valence-corrected chi connectivity index (χ2v) is 6.84. The van der Waals surface area contributed by atoms with E-state index in [0.29, 0.717) is 28.3 Å². The van der Waals surface area contributed by atoms with Crippen molar-refractivity contribution in [2.45, 2.75) is 5.75 Å². The summed E-state index contributed by atoms with van der Waals surface area (Å²) in [6.45, 7) is 0. The van der Waals surface area contributed by atoms with E-state index in [1.807, 2.05) is 0 Å². The number of esters is 1. The summed E-state index contributed by atoms with van der Waals surface area (Å²) in [6, 6.07) is 11.0. The molecular formula is C17H19NO6S. The maximum atomic E-state index is 12.4. The molecule has 8 heteroatoms. The Labute approximate surface area is 146 Å². The Kier molecular flexibility index (Phi) is 5.87. The molecule has 134 valence electrons. The maximum absolute atomic E-state index is 12.4. The van der Waals surface area contributed by atoms with Crippen molar-refractivity contribution >= 4 is 21.7 Å². The van der Waals surface area contributed by atoms with Crippen LogP contribution in [0.3, 0.4) is 0 Å². The molecular weight excluding hydrogens is 346 g/mol. The number of carbonyl (C=O) groups excluding carboxylic acids is 1. The van der Waals surface area contributed by atoms with Crippen LogP contribution < -0.4 is 14.2 Å². The third kappa shape index (κ3) is 4.87. The number of anilines is 1. The molecule has 0 atom stereocenters. The summed E-state index contributed by atoms with van der Waals surface area (Å²) in [5.74, 6) is 0.182. The first-order chi connectivity index (χ1) is 11.9. The highest BCUT2D eigenvalue weighted by Crippen LogP contribution is 2.30. The minimum atomic E-state index is -3.67. The van der Waals surface area contributed by atoms with Gasteiger partial charge in [-0.05, 0) is 29.8 Å². The molecule has 25 heavy (non-hydrogen) atoms. The van der Waals surface area contributed by atoms with Crippen molar-refractivity contribution in [1.29, 1.82) is 0 Å². The van der Waals surface area contributed by atoms with Crippen LogP contribution >= 0.6 is 0 Å². The molecule has 0 saturated heterocycles. The number of hydrogen-bond acceptors (Lipinski definition) is 6. The number of hydrogen-bond donors (Lipinski definition) is 1. The van der Waals surface area contributed by atoms with Crippen LogP contribution in [0.25, 0.3) is 0 Å². The van der Waals surface area contributed by atoms with Gasteiger partial charge in [-0.1, -0.05) is 12.1 Å². The van der Waals surface area contributed by atoms with Gasteiger partial charge in [0.2, 0.25) is 10.0 Å². The molecule has 0 amide bonds. The topological polar surface area (TPSA) is 90.9 Å². The van der Waals surface area contributed by atoms with E-state index in [4.69, 9.17) is 9.47 Å². The van der Waals surface area contributed by atoms with Crippen LogP contribution in [0.15, 0.2) is 42.5 Å². The van der Waals surface area contributed by atoms with E-state index in [1.54, 1.807) is 30.3 Å². The first kappa shape index (κ1) is 18.6. The maximum Gasteiger partial charge on any atom is 0.337 e. The van der Waals surface area contributed by atoms with Gasteiger partial charge in [-0.3, -0.25) is 4.72 Å². The van der Waals surface area contributed by atoms with Gasteiger partial charge in [-0.15, -0.1) is 0 Å². The average molecular weight is 365 g/mol. The lowest BCUT2D eigenvalue weighted by Gasteiger charge is -2.13. The highest BCUT2D eigenvalue weighted by atomic mass is 32.2. The normalized spacial score (nSPS) is 10.8. The first-order valence-corrected chi connectivity index (χ1v) is 8.93. The highest BCUT2D eigenvalue weighted by Gasteiger charge is 2.16. The summed E-state index contributed by atoms with van der Waals surface area (Å²) in [6.07, 6.45) is 0. The molecule has 2 rings (SSSR count). The molecule has 2 aromatic carbocycles. The van der Waals surface area contributed by atoms with Crippen molar-refractivity contribution in [2.75, 3.05) is 26.1 Å². The summed E-state index contributed by atoms with van der Waals surface area (Å²) in [4.78, 5) is 11.4. The smallest absolute Gasteiger partial charge is 0.337 e. The van der Waals surface area contributed by atoms with E-state index in [0.717, 1.165) is 0 Å². The summed E-state index contributed by atoms with van der Waals surface area (Å²) in [5.41, 5.74) is 1.20. The zero-order chi connectivity index (χ0) is 18.4. The molecule has 0 aliphatic carbocycles. The quantitative estimate of drug-likeness (QED) is 0.758. The minimum absolute atomic E-state index is 0.246. The lowest BCUT2D eigenvalue weighted by Crippen LogP contribution is -2.15. The van der Waals surface area contributed by atoms with Gasteiger partial charge in [0.1, 0.15) is 11.5 Å². The van der Waals surface area contributed by atoms with E-state index >= 15 is 0 Å². The van der Waals surface area contributed by atoms with Crippen molar-refractivity contribution in [1.82, 2.24) is 0 Å². The third-order valence-corrected chi connectivity index (χ3v) is 4.65. The standard InChI is InChI=1S/C17H19NO6S/c1-22-14-8-9-15(16(10-14)23-2)18-25(20,21)11-12-4-6-13(7-5-12)17(19)24-3/h4-10,18H,11H2,1-3H3. The van der Waals surface area contributed by atoms with Crippen LogP contribution in [0, 0.1) is 0 Å². The summed E-state index contributed by atoms with van der Waals surface area (Å²) < 4.78 is 42.1. The largest absolute Gasteiger partial charge is 0.497 e. The monoisotopic (exact) mass is 365 g/mol. The van der Waals surface area contributed by atoms with Crippen LogP contribution in [-0.4, -0.2) is 35.7 Å². The first-order valence-electron chi connectivity index (χ1n) is 7.28. The third-order valence-electron chi connectivity index (χ3n) is 3.41. The van der Waals surface area contributed by atoms with Gasteiger partial charge in [0.05, 0.1) is 38.3 Å². The molecule has 1 N–H and O–H groups in total. The van der Waals surface area contributed by atoms with Crippen molar-refractivity contribution in [2.24, 2.45) is 0 Å². The van der Waals surface area contributed by atoms with E-state index in [9.17, 15) is 13.2 Å². The van der Waals surface area contributed by atoms with Crippen LogP contribution in [0.4, 0.5) is 5.69 Å². The van der Waals surface area contributed by atoms with Gasteiger partial charge in [0.15, 0.2) is 0 Å². The zero-order valence-electron chi connectivity index (χ0n) is 14.1. The number of benzene rings is 2. The van der Waals surface area contributed by atoms with Gasteiger partial charge in [-0.25, -0.2) is 13.2 Å². The van der Waals surface area contributed by atoms with Crippen molar-refractivity contribution in [3.8, 4) is 11.5 Å². The fourth-order valence-electron chi connectivity index (χ4n) is 2.16. The number of nitrogens with one attached hydrogen (secondary N) is 1. The molecule has 2 aromatic rings. The van der Waals surface area contributed by atoms with Gasteiger partial charge in [0, 0.05) is 6.07 Å². The molecule has 7 nitrogen and oxygen atoms in total. The molecule has 0 spiro atoms. The number of rotatable bonds is 7. The number of ether oxygens (including phenoxy) is 3. The fraction of sp³-hybridized carbons (Fsp3) is 0.235. The second kappa shape index (κ2) is 7.89. The molecule has 0 saturated carbocycles. The van der Waals surface area contributed by atoms with Gasteiger partial charge in [-0.2, -0.15) is 0 Å². The summed E-state index contributed by atoms with van der Waals surface area (Å²) in [7, 11) is 0.572. The van der Waals surface area contributed by atoms with Crippen molar-refractivity contribution in [3.63, 3.8) is 0 Å². The number of methoxy groups -OCH3 is 3. The molecule has 0 aromatic heterocycles. The van der Waals surface area contributed by atoms with Gasteiger partial charge in [0.25, 0.3) is 0 Å². The van der Waals surface area contributed by atoms with Crippen molar-refractivity contribution in [3.05, 3.63) is 53.6 Å². The van der Waals surface area contributed by atoms with E-state index in [1.165, 1.54) is 33.5 Å². The molecule has 0 fully saturated rings. The van der Waals surface area contributed by atoms with Gasteiger partial charge >= 0.3 is 5.97 Å². The van der Waals surface area contributed by atoms with Crippen LogP contribution in [0.1, 0.15) is 15.9 Å². The van der Waals surface area contributed by atoms with Crippen molar-refractivity contribution < 1.29 is 27.4 Å². The Bertz CT molecular complexity index is 846. The zero-order valence-corrected chi connectivity index (χ0v) is 14.9. The molecule has 0 bridgehead atoms. The van der Waals surface area contributed by atoms with Crippen LogP contribution in [0.5, 0.6) is 11.5 Å². The number of sulfonamides is 1.